The lowest BCUT2D eigenvalue weighted by molar-refractivity contribution is -0.139. The van der Waals surface area contributed by atoms with Crippen LogP contribution in [-0.2, 0) is 18.3 Å². The molecule has 0 aliphatic heterocycles. The van der Waals surface area contributed by atoms with Crippen molar-refractivity contribution in [2.75, 3.05) is 6.54 Å². The summed E-state index contributed by atoms with van der Waals surface area (Å²) in [5.74, 6) is -0.876. The molecular weight excluding hydrogens is 260 g/mol. The molecule has 1 aliphatic rings. The van der Waals surface area contributed by atoms with Crippen LogP contribution in [0.3, 0.4) is 0 Å². The zero-order valence-corrected chi connectivity index (χ0v) is 11.6. The fraction of sp³-hybridized carbons (Fsp3) is 0.615. The molecule has 1 saturated carbocycles. The van der Waals surface area contributed by atoms with Crippen LogP contribution in [0.4, 0.5) is 4.79 Å². The van der Waals surface area contributed by atoms with Gasteiger partial charge in [0.15, 0.2) is 0 Å². The number of rotatable bonds is 6. The quantitative estimate of drug-likeness (QED) is 0.713. The summed E-state index contributed by atoms with van der Waals surface area (Å²) in [7, 11) is 1.84. The van der Waals surface area contributed by atoms with Gasteiger partial charge in [0.05, 0.1) is 17.7 Å². The second-order valence-electron chi connectivity index (χ2n) is 5.32. The largest absolute Gasteiger partial charge is 0.481 e. The van der Waals surface area contributed by atoms with E-state index in [9.17, 15) is 9.59 Å². The van der Waals surface area contributed by atoms with Crippen LogP contribution in [0.25, 0.3) is 0 Å². The summed E-state index contributed by atoms with van der Waals surface area (Å²) in [5.41, 5.74) is 0.359. The Morgan fingerprint density at radius 3 is 2.75 bits per heavy atom. The van der Waals surface area contributed by atoms with Gasteiger partial charge >= 0.3 is 12.0 Å². The first-order valence-corrected chi connectivity index (χ1v) is 6.75. The number of carbonyl (C=O) groups excluding carboxylic acids is 1. The Bertz CT molecular complexity index is 494. The highest BCUT2D eigenvalue weighted by atomic mass is 16.4. The Hall–Kier alpha value is -2.05. The summed E-state index contributed by atoms with van der Waals surface area (Å²) in [4.78, 5) is 22.6. The van der Waals surface area contributed by atoms with Gasteiger partial charge in [0, 0.05) is 26.2 Å². The van der Waals surface area contributed by atoms with Crippen molar-refractivity contribution in [2.45, 2.75) is 37.6 Å². The lowest BCUT2D eigenvalue weighted by Crippen LogP contribution is -2.57. The molecule has 1 heterocycles. The van der Waals surface area contributed by atoms with Crippen LogP contribution in [0.15, 0.2) is 12.3 Å². The van der Waals surface area contributed by atoms with Crippen molar-refractivity contribution < 1.29 is 14.7 Å². The van der Waals surface area contributed by atoms with E-state index in [4.69, 9.17) is 5.11 Å². The molecule has 1 fully saturated rings. The minimum Gasteiger partial charge on any atom is -0.481 e. The standard InChI is InChI=1S/C13H20N4O3/c1-17-8-4-10(16-17)3-7-14-12(20)15-13(5-2-6-13)9-11(18)19/h4,8H,2-3,5-7,9H2,1H3,(H,18,19)(H2,14,15,20). The molecule has 1 aromatic rings. The van der Waals surface area contributed by atoms with Gasteiger partial charge in [-0.05, 0) is 25.3 Å². The summed E-state index contributed by atoms with van der Waals surface area (Å²) in [6.45, 7) is 0.478. The van der Waals surface area contributed by atoms with Gasteiger partial charge in [-0.1, -0.05) is 0 Å². The predicted octanol–water partition coefficient (Wildman–Crippen LogP) is 0.659. The van der Waals surface area contributed by atoms with Crippen molar-refractivity contribution in [3.8, 4) is 0 Å². The first kappa shape index (κ1) is 14.4. The Morgan fingerprint density at radius 2 is 2.25 bits per heavy atom. The summed E-state index contributed by atoms with van der Waals surface area (Å²) < 4.78 is 1.71. The van der Waals surface area contributed by atoms with E-state index < -0.39 is 11.5 Å². The van der Waals surface area contributed by atoms with Crippen molar-refractivity contribution in [1.29, 1.82) is 0 Å². The smallest absolute Gasteiger partial charge is 0.315 e. The van der Waals surface area contributed by atoms with Gasteiger partial charge < -0.3 is 15.7 Å². The van der Waals surface area contributed by atoms with Crippen molar-refractivity contribution >= 4 is 12.0 Å². The fourth-order valence-electron chi connectivity index (χ4n) is 2.42. The molecule has 2 rings (SSSR count). The molecule has 20 heavy (non-hydrogen) atoms. The van der Waals surface area contributed by atoms with Gasteiger partial charge in [0.25, 0.3) is 0 Å². The molecule has 1 aromatic heterocycles. The second-order valence-corrected chi connectivity index (χ2v) is 5.32. The van der Waals surface area contributed by atoms with Crippen molar-refractivity contribution in [2.24, 2.45) is 7.05 Å². The number of nitrogens with zero attached hydrogens (tertiary/aromatic N) is 2. The van der Waals surface area contributed by atoms with Crippen LogP contribution in [0.5, 0.6) is 0 Å². The van der Waals surface area contributed by atoms with E-state index in [-0.39, 0.29) is 12.5 Å². The first-order valence-electron chi connectivity index (χ1n) is 6.75. The molecule has 0 radical (unpaired) electrons. The van der Waals surface area contributed by atoms with Crippen LogP contribution in [-0.4, -0.2) is 39.0 Å². The zero-order chi connectivity index (χ0) is 14.6. The van der Waals surface area contributed by atoms with Crippen LogP contribution in [0.1, 0.15) is 31.4 Å². The number of hydrogen-bond acceptors (Lipinski definition) is 3. The number of carboxylic acids is 1. The molecule has 1 aliphatic carbocycles. The highest BCUT2D eigenvalue weighted by Crippen LogP contribution is 2.34. The molecule has 2 amide bonds. The fourth-order valence-corrected chi connectivity index (χ4v) is 2.42. The number of amides is 2. The minimum absolute atomic E-state index is 0.0132. The Balaban J connectivity index is 1.73. The van der Waals surface area contributed by atoms with E-state index in [1.165, 1.54) is 0 Å². The van der Waals surface area contributed by atoms with Gasteiger partial charge in [-0.2, -0.15) is 5.10 Å². The van der Waals surface area contributed by atoms with Crippen molar-refractivity contribution in [3.05, 3.63) is 18.0 Å². The van der Waals surface area contributed by atoms with Crippen LogP contribution < -0.4 is 10.6 Å². The normalized spacial score (nSPS) is 16.2. The van der Waals surface area contributed by atoms with E-state index in [1.54, 1.807) is 4.68 Å². The molecule has 0 atom stereocenters. The third kappa shape index (κ3) is 3.72. The van der Waals surface area contributed by atoms with Crippen LogP contribution in [0, 0.1) is 0 Å². The van der Waals surface area contributed by atoms with Gasteiger partial charge in [-0.15, -0.1) is 0 Å². The maximum Gasteiger partial charge on any atom is 0.315 e. The third-order valence-corrected chi connectivity index (χ3v) is 3.61. The molecular formula is C13H20N4O3. The zero-order valence-electron chi connectivity index (χ0n) is 11.6. The number of aromatic nitrogens is 2. The number of aryl methyl sites for hydroxylation is 1. The SMILES string of the molecule is Cn1ccc(CCNC(=O)NC2(CC(=O)O)CCC2)n1. The number of hydrogen-bond donors (Lipinski definition) is 3. The number of aliphatic carboxylic acids is 1. The van der Waals surface area contributed by atoms with Gasteiger partial charge in [-0.3, -0.25) is 9.48 Å². The molecule has 0 bridgehead atoms. The monoisotopic (exact) mass is 280 g/mol. The summed E-state index contributed by atoms with van der Waals surface area (Å²) in [6, 6.07) is 1.60. The molecule has 7 nitrogen and oxygen atoms in total. The van der Waals surface area contributed by atoms with Gasteiger partial charge in [-0.25, -0.2) is 4.79 Å². The Morgan fingerprint density at radius 1 is 1.50 bits per heavy atom. The molecule has 0 spiro atoms. The predicted molar refractivity (Wildman–Crippen MR) is 72.3 cm³/mol. The molecule has 3 N–H and O–H groups in total. The molecule has 0 unspecified atom stereocenters. The molecule has 7 heteroatoms. The third-order valence-electron chi connectivity index (χ3n) is 3.61. The average molecular weight is 280 g/mol. The van der Waals surface area contributed by atoms with Crippen molar-refractivity contribution in [1.82, 2.24) is 20.4 Å². The topological polar surface area (TPSA) is 96.2 Å². The Kier molecular flexibility index (Phi) is 4.26. The lowest BCUT2D eigenvalue weighted by atomic mass is 9.74. The van der Waals surface area contributed by atoms with Gasteiger partial charge in [0.1, 0.15) is 0 Å². The molecule has 110 valence electrons. The lowest BCUT2D eigenvalue weighted by Gasteiger charge is -2.41. The van der Waals surface area contributed by atoms with E-state index in [0.717, 1.165) is 25.0 Å². The average Bonchev–Trinajstić information content (AvgIpc) is 2.71. The van der Waals surface area contributed by atoms with E-state index >= 15 is 0 Å². The number of carboxylic acid groups (broad SMARTS) is 1. The number of nitrogens with one attached hydrogen (secondary N) is 2. The van der Waals surface area contributed by atoms with Crippen molar-refractivity contribution in [3.63, 3.8) is 0 Å². The second kappa shape index (κ2) is 5.94. The molecule has 0 aromatic carbocycles. The van der Waals surface area contributed by atoms with Crippen LogP contribution >= 0.6 is 0 Å². The summed E-state index contributed by atoms with van der Waals surface area (Å²) in [6.07, 6.45) is 4.91. The highest BCUT2D eigenvalue weighted by molar-refractivity contribution is 5.77. The van der Waals surface area contributed by atoms with Crippen LogP contribution in [0.2, 0.25) is 0 Å². The summed E-state index contributed by atoms with van der Waals surface area (Å²) >= 11 is 0. The highest BCUT2D eigenvalue weighted by Gasteiger charge is 2.40. The van der Waals surface area contributed by atoms with E-state index in [2.05, 4.69) is 15.7 Å². The number of carbonyl (C=O) groups is 2. The molecule has 0 saturated heterocycles. The van der Waals surface area contributed by atoms with E-state index in [0.29, 0.717) is 13.0 Å². The number of urea groups is 1. The first-order chi connectivity index (χ1) is 9.49. The minimum atomic E-state index is -0.876. The summed E-state index contributed by atoms with van der Waals surface area (Å²) in [5, 5.41) is 18.6. The maximum atomic E-state index is 11.8. The maximum absolute atomic E-state index is 11.8. The van der Waals surface area contributed by atoms with E-state index in [1.807, 2.05) is 19.3 Å². The Labute approximate surface area is 117 Å². The van der Waals surface area contributed by atoms with Gasteiger partial charge in [0.2, 0.25) is 0 Å².